The van der Waals surface area contributed by atoms with Gasteiger partial charge in [-0.3, -0.25) is 15.0 Å². The summed E-state index contributed by atoms with van der Waals surface area (Å²) in [6.07, 6.45) is 4.34. The number of rotatable bonds is 7. The van der Waals surface area contributed by atoms with Crippen LogP contribution >= 0.6 is 15.9 Å². The zero-order valence-electron chi connectivity index (χ0n) is 16.6. The minimum Gasteiger partial charge on any atom is -0.461 e. The molecule has 0 aromatic heterocycles. The van der Waals surface area contributed by atoms with Gasteiger partial charge in [0.1, 0.15) is 12.0 Å². The van der Waals surface area contributed by atoms with Crippen molar-refractivity contribution in [3.8, 4) is 0 Å². The molecule has 2 bridgehead atoms. The zero-order chi connectivity index (χ0) is 21.3. The fourth-order valence-corrected chi connectivity index (χ4v) is 4.50. The van der Waals surface area contributed by atoms with E-state index in [-0.39, 0.29) is 12.5 Å². The number of allylic oxidation sites excluding steroid dienone is 1. The fourth-order valence-electron chi connectivity index (χ4n) is 4.04. The van der Waals surface area contributed by atoms with Crippen LogP contribution in [0.4, 0.5) is 0 Å². The predicted molar refractivity (Wildman–Crippen MR) is 110 cm³/mol. The predicted octanol–water partition coefficient (Wildman–Crippen LogP) is 3.88. The summed E-state index contributed by atoms with van der Waals surface area (Å²) in [7, 11) is 0. The van der Waals surface area contributed by atoms with E-state index in [4.69, 9.17) is 14.5 Å². The molecule has 2 aliphatic heterocycles. The Labute approximate surface area is 178 Å². The van der Waals surface area contributed by atoms with E-state index in [2.05, 4.69) is 34.5 Å². The van der Waals surface area contributed by atoms with E-state index in [0.717, 1.165) is 0 Å². The van der Waals surface area contributed by atoms with Crippen molar-refractivity contribution in [3.63, 3.8) is 0 Å². The Morgan fingerprint density at radius 1 is 1.24 bits per heavy atom. The number of nitrogens with one attached hydrogen (secondary N) is 1. The number of esters is 1. The lowest BCUT2D eigenvalue weighted by Gasteiger charge is -2.51. The molecule has 156 valence electrons. The molecule has 1 N–H and O–H groups in total. The van der Waals surface area contributed by atoms with Gasteiger partial charge in [-0.25, -0.2) is 9.78 Å². The molecule has 3 unspecified atom stereocenters. The molecule has 2 heterocycles. The van der Waals surface area contributed by atoms with Gasteiger partial charge in [0.2, 0.25) is 0 Å². The number of amides is 1. The van der Waals surface area contributed by atoms with Gasteiger partial charge in [-0.05, 0) is 61.2 Å². The SMILES string of the molecule is C=CCOC(=O)C1(CC=C)CCC2(C)OOC1(C)N2NC(=O)c1ccccc1Br. The summed E-state index contributed by atoms with van der Waals surface area (Å²) in [4.78, 5) is 37.5. The normalized spacial score (nSPS) is 31.1. The number of hydrazine groups is 1. The molecule has 8 heteroatoms. The van der Waals surface area contributed by atoms with Gasteiger partial charge in [-0.2, -0.15) is 5.01 Å². The average molecular weight is 465 g/mol. The second-order valence-corrected chi connectivity index (χ2v) is 8.40. The van der Waals surface area contributed by atoms with Gasteiger partial charge in [-0.15, -0.1) is 6.58 Å². The van der Waals surface area contributed by atoms with Crippen molar-refractivity contribution in [1.29, 1.82) is 0 Å². The number of halogens is 1. The van der Waals surface area contributed by atoms with Gasteiger partial charge in [0, 0.05) is 4.47 Å². The Kier molecular flexibility index (Phi) is 6.01. The Balaban J connectivity index is 1.99. The van der Waals surface area contributed by atoms with Gasteiger partial charge in [0.05, 0.1) is 5.56 Å². The maximum atomic E-state index is 13.1. The molecule has 2 fully saturated rings. The van der Waals surface area contributed by atoms with Crippen molar-refractivity contribution in [3.05, 3.63) is 59.6 Å². The van der Waals surface area contributed by atoms with Crippen molar-refractivity contribution < 1.29 is 24.1 Å². The fraction of sp³-hybridized carbons (Fsp3) is 0.429. The Hall–Kier alpha value is -2.00. The average Bonchev–Trinajstić information content (AvgIpc) is 2.88. The number of hydrogen-bond donors (Lipinski definition) is 1. The van der Waals surface area contributed by atoms with Crippen LogP contribution in [-0.4, -0.2) is 34.9 Å². The van der Waals surface area contributed by atoms with Gasteiger partial charge in [0.25, 0.3) is 5.91 Å². The number of carbonyl (C=O) groups is 2. The Morgan fingerprint density at radius 3 is 2.62 bits per heavy atom. The third-order valence-corrected chi connectivity index (χ3v) is 6.43. The highest BCUT2D eigenvalue weighted by Gasteiger charge is 2.71. The number of benzene rings is 1. The second kappa shape index (κ2) is 8.02. The number of hydrogen-bond acceptors (Lipinski definition) is 6. The Bertz CT molecular complexity index is 846. The maximum Gasteiger partial charge on any atom is 0.317 e. The minimum absolute atomic E-state index is 0.0786. The molecule has 0 saturated carbocycles. The quantitative estimate of drug-likeness (QED) is 0.374. The number of fused-ring (bicyclic) bond motifs is 2. The molecule has 2 aliphatic rings. The molecule has 3 atom stereocenters. The molecule has 3 rings (SSSR count). The highest BCUT2D eigenvalue weighted by molar-refractivity contribution is 9.10. The lowest BCUT2D eigenvalue weighted by Crippen LogP contribution is -2.71. The summed E-state index contributed by atoms with van der Waals surface area (Å²) in [6, 6.07) is 7.08. The molecule has 0 aliphatic carbocycles. The van der Waals surface area contributed by atoms with Crippen molar-refractivity contribution in [2.24, 2.45) is 5.41 Å². The second-order valence-electron chi connectivity index (χ2n) is 7.54. The number of ether oxygens (including phenoxy) is 1. The highest BCUT2D eigenvalue weighted by atomic mass is 79.9. The maximum absolute atomic E-state index is 13.1. The summed E-state index contributed by atoms with van der Waals surface area (Å²) in [5.74, 6) is -0.801. The molecular formula is C21H25BrN2O5. The minimum atomic E-state index is -1.30. The van der Waals surface area contributed by atoms with Crippen molar-refractivity contribution in [1.82, 2.24) is 10.4 Å². The van der Waals surface area contributed by atoms with E-state index < -0.39 is 22.8 Å². The van der Waals surface area contributed by atoms with Crippen LogP contribution in [0.5, 0.6) is 0 Å². The molecule has 7 nitrogen and oxygen atoms in total. The van der Waals surface area contributed by atoms with E-state index in [0.29, 0.717) is 29.3 Å². The zero-order valence-corrected chi connectivity index (χ0v) is 18.2. The highest BCUT2D eigenvalue weighted by Crippen LogP contribution is 2.57. The molecule has 29 heavy (non-hydrogen) atoms. The van der Waals surface area contributed by atoms with Gasteiger partial charge >= 0.3 is 5.97 Å². The molecule has 0 spiro atoms. The summed E-state index contributed by atoms with van der Waals surface area (Å²) in [5, 5.41) is 1.59. The lowest BCUT2D eigenvalue weighted by molar-refractivity contribution is -0.350. The van der Waals surface area contributed by atoms with Crippen LogP contribution in [0.1, 0.15) is 43.5 Å². The van der Waals surface area contributed by atoms with Crippen LogP contribution < -0.4 is 5.43 Å². The third kappa shape index (κ3) is 3.44. The summed E-state index contributed by atoms with van der Waals surface area (Å²) >= 11 is 3.39. The number of piperidine rings is 1. The largest absolute Gasteiger partial charge is 0.461 e. The topological polar surface area (TPSA) is 77.1 Å². The van der Waals surface area contributed by atoms with Crippen LogP contribution in [0.15, 0.2) is 54.0 Å². The summed E-state index contributed by atoms with van der Waals surface area (Å²) < 4.78 is 6.06. The third-order valence-electron chi connectivity index (χ3n) is 5.73. The molecule has 1 aromatic carbocycles. The number of carbonyl (C=O) groups excluding carboxylic acids is 2. The van der Waals surface area contributed by atoms with E-state index in [9.17, 15) is 9.59 Å². The monoisotopic (exact) mass is 464 g/mol. The van der Waals surface area contributed by atoms with Crippen molar-refractivity contribution >= 4 is 27.8 Å². The Morgan fingerprint density at radius 2 is 1.97 bits per heavy atom. The van der Waals surface area contributed by atoms with Crippen LogP contribution in [0.3, 0.4) is 0 Å². The first-order valence-corrected chi connectivity index (χ1v) is 10.1. The smallest absolute Gasteiger partial charge is 0.317 e. The van der Waals surface area contributed by atoms with Crippen LogP contribution in [-0.2, 0) is 19.3 Å². The first kappa shape index (κ1) is 21.7. The molecule has 2 saturated heterocycles. The van der Waals surface area contributed by atoms with Gasteiger partial charge in [0.15, 0.2) is 11.4 Å². The lowest BCUT2D eigenvalue weighted by atomic mass is 9.67. The van der Waals surface area contributed by atoms with Gasteiger partial charge in [-0.1, -0.05) is 30.9 Å². The summed E-state index contributed by atoms with van der Waals surface area (Å²) in [5.41, 5.74) is -0.00638. The molecule has 1 aromatic rings. The van der Waals surface area contributed by atoms with Crippen molar-refractivity contribution in [2.45, 2.75) is 44.6 Å². The van der Waals surface area contributed by atoms with E-state index in [1.807, 2.05) is 13.0 Å². The van der Waals surface area contributed by atoms with E-state index in [1.165, 1.54) is 6.08 Å². The van der Waals surface area contributed by atoms with Crippen molar-refractivity contribution in [2.75, 3.05) is 6.61 Å². The van der Waals surface area contributed by atoms with Crippen LogP contribution in [0.25, 0.3) is 0 Å². The van der Waals surface area contributed by atoms with Crippen LogP contribution in [0.2, 0.25) is 0 Å². The van der Waals surface area contributed by atoms with Crippen LogP contribution in [0, 0.1) is 5.41 Å². The van der Waals surface area contributed by atoms with E-state index >= 15 is 0 Å². The van der Waals surface area contributed by atoms with Gasteiger partial charge < -0.3 is 4.74 Å². The standard InChI is InChI=1S/C21H25BrN2O5/c1-5-11-21(18(26)27-14-6-2)13-12-19(3)24(20(21,4)29-28-19)23-17(25)15-9-7-8-10-16(15)22/h5-10H,1-2,11-14H2,3-4H3,(H,23,25). The first-order valence-electron chi connectivity index (χ1n) is 9.36. The molecule has 0 radical (unpaired) electrons. The van der Waals surface area contributed by atoms with E-state index in [1.54, 1.807) is 36.2 Å². The number of nitrogens with zero attached hydrogens (tertiary/aromatic N) is 1. The molecular weight excluding hydrogens is 440 g/mol. The first-order chi connectivity index (χ1) is 13.7. The molecule has 1 amide bonds. The summed E-state index contributed by atoms with van der Waals surface area (Å²) in [6.45, 7) is 11.0.